The molecule has 0 saturated carbocycles. The van der Waals surface area contributed by atoms with Gasteiger partial charge >= 0.3 is 5.97 Å². The maximum Gasteiger partial charge on any atom is 0.337 e. The number of carboxylic acid groups (broad SMARTS) is 1. The molecule has 1 heterocycles. The third-order valence-electron chi connectivity index (χ3n) is 4.62. The fourth-order valence-electron chi connectivity index (χ4n) is 3.07. The minimum atomic E-state index is -3.77. The lowest BCUT2D eigenvalue weighted by molar-refractivity contribution is 0.0697. The molecule has 0 aliphatic carbocycles. The van der Waals surface area contributed by atoms with Crippen LogP contribution in [0.15, 0.2) is 58.5 Å². The third kappa shape index (κ3) is 4.39. The van der Waals surface area contributed by atoms with Gasteiger partial charge in [0.15, 0.2) is 0 Å². The van der Waals surface area contributed by atoms with Crippen LogP contribution in [0.1, 0.15) is 32.9 Å². The van der Waals surface area contributed by atoms with Crippen LogP contribution in [-0.4, -0.2) is 30.3 Å². The van der Waals surface area contributed by atoms with Gasteiger partial charge in [-0.1, -0.05) is 29.3 Å². The number of rotatable bonds is 6. The van der Waals surface area contributed by atoms with Crippen LogP contribution in [0.4, 0.5) is 0 Å². The van der Waals surface area contributed by atoms with Gasteiger partial charge in [-0.05, 0) is 57.2 Å². The molecule has 0 fully saturated rings. The molecule has 0 amide bonds. The zero-order valence-corrected chi connectivity index (χ0v) is 18.1. The molecule has 0 aliphatic rings. The monoisotopic (exact) mass is 445 g/mol. The van der Waals surface area contributed by atoms with Crippen molar-refractivity contribution in [1.82, 2.24) is 9.40 Å². The molecule has 3 rings (SSSR count). The summed E-state index contributed by atoms with van der Waals surface area (Å²) in [6.07, 6.45) is 1.42. The van der Waals surface area contributed by atoms with Gasteiger partial charge in [-0.2, -0.15) is 13.5 Å². The number of nitrogens with one attached hydrogen (secondary N) is 1. The van der Waals surface area contributed by atoms with E-state index in [0.717, 1.165) is 17.0 Å². The molecule has 0 atom stereocenters. The van der Waals surface area contributed by atoms with Crippen molar-refractivity contribution in [2.45, 2.75) is 25.7 Å². The van der Waals surface area contributed by atoms with Crippen LogP contribution < -0.4 is 4.83 Å². The van der Waals surface area contributed by atoms with Crippen LogP contribution in [0.2, 0.25) is 5.02 Å². The Morgan fingerprint density at radius 3 is 2.40 bits per heavy atom. The van der Waals surface area contributed by atoms with Crippen LogP contribution in [-0.2, 0) is 10.0 Å². The molecule has 0 radical (unpaired) electrons. The van der Waals surface area contributed by atoms with E-state index in [0.29, 0.717) is 11.3 Å². The number of carbonyl (C=O) groups is 1. The molecule has 0 aliphatic heterocycles. The number of nitrogens with zero attached hydrogens (tertiary/aromatic N) is 2. The van der Waals surface area contributed by atoms with Gasteiger partial charge in [0.25, 0.3) is 10.0 Å². The second-order valence-electron chi connectivity index (χ2n) is 6.80. The Morgan fingerprint density at radius 2 is 1.77 bits per heavy atom. The van der Waals surface area contributed by atoms with E-state index in [9.17, 15) is 18.3 Å². The molecule has 156 valence electrons. The Hall–Kier alpha value is -3.10. The number of hydrogen-bond acceptors (Lipinski definition) is 4. The average molecular weight is 446 g/mol. The summed E-state index contributed by atoms with van der Waals surface area (Å²) in [7, 11) is -3.77. The summed E-state index contributed by atoms with van der Waals surface area (Å²) < 4.78 is 26.5. The van der Waals surface area contributed by atoms with E-state index in [1.54, 1.807) is 18.2 Å². The molecule has 3 aromatic rings. The quantitative estimate of drug-likeness (QED) is 0.441. The molecular weight excluding hydrogens is 426 g/mol. The highest BCUT2D eigenvalue weighted by Crippen LogP contribution is 2.24. The summed E-state index contributed by atoms with van der Waals surface area (Å²) in [5.74, 6) is -1.11. The molecule has 0 saturated heterocycles. The maximum atomic E-state index is 12.3. The number of aryl methyl sites for hydroxylation is 2. The average Bonchev–Trinajstić information content (AvgIpc) is 2.96. The molecular formula is C21H20ClN3O4S. The van der Waals surface area contributed by atoms with Crippen molar-refractivity contribution in [3.8, 4) is 5.69 Å². The number of benzene rings is 2. The summed E-state index contributed by atoms with van der Waals surface area (Å²) in [5.41, 5.74) is 3.87. The van der Waals surface area contributed by atoms with E-state index < -0.39 is 16.0 Å². The molecule has 0 unspecified atom stereocenters. The van der Waals surface area contributed by atoms with Crippen LogP contribution in [0, 0.1) is 20.8 Å². The molecule has 0 bridgehead atoms. The normalized spacial score (nSPS) is 11.7. The minimum Gasteiger partial charge on any atom is -0.478 e. The lowest BCUT2D eigenvalue weighted by atomic mass is 10.2. The van der Waals surface area contributed by atoms with Crippen molar-refractivity contribution in [2.75, 3.05) is 0 Å². The van der Waals surface area contributed by atoms with Gasteiger partial charge in [0, 0.05) is 22.6 Å². The predicted molar refractivity (Wildman–Crippen MR) is 116 cm³/mol. The second kappa shape index (κ2) is 8.33. The van der Waals surface area contributed by atoms with E-state index >= 15 is 0 Å². The van der Waals surface area contributed by atoms with Crippen molar-refractivity contribution in [3.63, 3.8) is 0 Å². The van der Waals surface area contributed by atoms with Crippen molar-refractivity contribution in [2.24, 2.45) is 5.10 Å². The highest BCUT2D eigenvalue weighted by atomic mass is 35.5. The Balaban J connectivity index is 1.88. The van der Waals surface area contributed by atoms with Crippen molar-refractivity contribution in [3.05, 3.63) is 81.6 Å². The fourth-order valence-corrected chi connectivity index (χ4v) is 4.06. The Kier molecular flexibility index (Phi) is 6.00. The van der Waals surface area contributed by atoms with Crippen molar-refractivity contribution < 1.29 is 18.3 Å². The number of carboxylic acids is 1. The molecule has 2 aromatic carbocycles. The zero-order valence-electron chi connectivity index (χ0n) is 16.5. The van der Waals surface area contributed by atoms with E-state index in [1.165, 1.54) is 30.5 Å². The van der Waals surface area contributed by atoms with Crippen LogP contribution in [0.5, 0.6) is 0 Å². The second-order valence-corrected chi connectivity index (χ2v) is 8.87. The Labute approximate surface area is 179 Å². The first-order valence-electron chi connectivity index (χ1n) is 8.94. The molecule has 2 N–H and O–H groups in total. The van der Waals surface area contributed by atoms with Crippen molar-refractivity contribution >= 4 is 33.8 Å². The first-order chi connectivity index (χ1) is 14.1. The van der Waals surface area contributed by atoms with E-state index in [-0.39, 0.29) is 15.5 Å². The topological polar surface area (TPSA) is 101 Å². The fraction of sp³-hybridized carbons (Fsp3) is 0.143. The molecule has 0 spiro atoms. The highest BCUT2D eigenvalue weighted by Gasteiger charge is 2.15. The number of sulfonamides is 1. The summed E-state index contributed by atoms with van der Waals surface area (Å²) in [6, 6.07) is 13.0. The molecule has 1 aromatic heterocycles. The molecule has 9 heteroatoms. The summed E-state index contributed by atoms with van der Waals surface area (Å²) >= 11 is 5.96. The predicted octanol–water partition coefficient (Wildman–Crippen LogP) is 4.07. The van der Waals surface area contributed by atoms with Gasteiger partial charge in [-0.15, -0.1) is 0 Å². The van der Waals surface area contributed by atoms with Crippen molar-refractivity contribution in [1.29, 1.82) is 0 Å². The van der Waals surface area contributed by atoms with Gasteiger partial charge < -0.3 is 9.67 Å². The van der Waals surface area contributed by atoms with Gasteiger partial charge in [0.05, 0.1) is 21.7 Å². The lowest BCUT2D eigenvalue weighted by Crippen LogP contribution is -2.18. The summed E-state index contributed by atoms with van der Waals surface area (Å²) in [6.45, 7) is 5.56. The molecule has 30 heavy (non-hydrogen) atoms. The van der Waals surface area contributed by atoms with Gasteiger partial charge in [-0.3, -0.25) is 0 Å². The van der Waals surface area contributed by atoms with Crippen LogP contribution >= 0.6 is 11.6 Å². The number of hydrogen-bond donors (Lipinski definition) is 2. The van der Waals surface area contributed by atoms with Crippen LogP contribution in [0.25, 0.3) is 5.69 Å². The van der Waals surface area contributed by atoms with Gasteiger partial charge in [0.2, 0.25) is 0 Å². The van der Waals surface area contributed by atoms with E-state index in [4.69, 9.17) is 11.6 Å². The summed E-state index contributed by atoms with van der Waals surface area (Å²) in [5, 5.41) is 13.3. The largest absolute Gasteiger partial charge is 0.478 e. The van der Waals surface area contributed by atoms with E-state index in [1.807, 2.05) is 31.4 Å². The molecule has 7 nitrogen and oxygen atoms in total. The number of halogens is 1. The lowest BCUT2D eigenvalue weighted by Gasteiger charge is -2.11. The highest BCUT2D eigenvalue weighted by molar-refractivity contribution is 7.89. The maximum absolute atomic E-state index is 12.3. The smallest absolute Gasteiger partial charge is 0.337 e. The SMILES string of the molecule is Cc1ccc(S(=O)(=O)N/N=C\c2cc(C)n(-c3ccc(Cl)c(C(=O)O)c3)c2C)cc1. The number of aromatic carboxylic acids is 1. The first-order valence-corrected chi connectivity index (χ1v) is 10.8. The standard InChI is InChI=1S/C21H20ClN3O4S/c1-13-4-7-18(8-5-13)30(28,29)24-23-12-16-10-14(2)25(15(16)3)17-6-9-20(22)19(11-17)21(26)27/h4-12,24H,1-3H3,(H,26,27)/b23-12-. The van der Waals surface area contributed by atoms with Gasteiger partial charge in [-0.25, -0.2) is 9.63 Å². The first kappa shape index (κ1) is 21.6. The van der Waals surface area contributed by atoms with E-state index in [2.05, 4.69) is 9.93 Å². The third-order valence-corrected chi connectivity index (χ3v) is 6.18. The Morgan fingerprint density at radius 1 is 1.10 bits per heavy atom. The number of hydrazone groups is 1. The minimum absolute atomic E-state index is 0.00254. The van der Waals surface area contributed by atoms with Gasteiger partial charge in [0.1, 0.15) is 0 Å². The zero-order chi connectivity index (χ0) is 22.1. The van der Waals surface area contributed by atoms with Crippen LogP contribution in [0.3, 0.4) is 0 Å². The number of aromatic nitrogens is 1. The Bertz CT molecular complexity index is 1250. The summed E-state index contributed by atoms with van der Waals surface area (Å²) in [4.78, 5) is 13.7.